The van der Waals surface area contributed by atoms with E-state index in [1.54, 1.807) is 6.20 Å². The van der Waals surface area contributed by atoms with Gasteiger partial charge in [0.2, 0.25) is 11.8 Å². The second kappa shape index (κ2) is 8.32. The van der Waals surface area contributed by atoms with E-state index in [1.165, 1.54) is 6.33 Å². The molecule has 0 spiro atoms. The molecule has 2 bridgehead atoms. The third kappa shape index (κ3) is 4.03. The number of aryl methyl sites for hydroxylation is 1. The van der Waals surface area contributed by atoms with Crippen LogP contribution in [0.3, 0.4) is 0 Å². The summed E-state index contributed by atoms with van der Waals surface area (Å²) in [5.41, 5.74) is 1.55. The van der Waals surface area contributed by atoms with Gasteiger partial charge in [-0.25, -0.2) is 14.8 Å². The Labute approximate surface area is 182 Å². The van der Waals surface area contributed by atoms with Gasteiger partial charge < -0.3 is 19.1 Å². The van der Waals surface area contributed by atoms with Gasteiger partial charge in [0.15, 0.2) is 5.75 Å². The summed E-state index contributed by atoms with van der Waals surface area (Å²) in [6.07, 6.45) is 9.90. The number of ether oxygens (including phenoxy) is 3. The standard InChI is InChI=1S/C23H28N4O4/c1-14-21(25-13-26-22(14)31-20-7-4-10-24-15(20)2)29-19-11-16-8-9-17(12-19)27(16)23(28)30-18-5-3-6-18/h4,7,10,13,16-19H,3,5-6,8-9,11-12H2,1-2H3/t16-,17+,19?. The number of nitrogens with zero attached hydrogens (tertiary/aromatic N) is 4. The van der Waals surface area contributed by atoms with Gasteiger partial charge in [-0.05, 0) is 58.1 Å². The van der Waals surface area contributed by atoms with Crippen molar-refractivity contribution >= 4 is 6.09 Å². The summed E-state index contributed by atoms with van der Waals surface area (Å²) in [7, 11) is 0. The molecule has 4 heterocycles. The molecular weight excluding hydrogens is 396 g/mol. The lowest BCUT2D eigenvalue weighted by molar-refractivity contribution is -0.00516. The van der Waals surface area contributed by atoms with Crippen molar-refractivity contribution < 1.29 is 19.0 Å². The van der Waals surface area contributed by atoms with E-state index in [2.05, 4.69) is 15.0 Å². The molecule has 2 aliphatic heterocycles. The van der Waals surface area contributed by atoms with Gasteiger partial charge in [-0.15, -0.1) is 0 Å². The maximum absolute atomic E-state index is 12.6. The lowest BCUT2D eigenvalue weighted by Crippen LogP contribution is -2.50. The number of carbonyl (C=O) groups is 1. The Hall–Kier alpha value is -2.90. The van der Waals surface area contributed by atoms with Crippen LogP contribution in [0.2, 0.25) is 0 Å². The van der Waals surface area contributed by atoms with Crippen LogP contribution in [-0.4, -0.2) is 50.2 Å². The quantitative estimate of drug-likeness (QED) is 0.705. The molecule has 8 nitrogen and oxygen atoms in total. The predicted molar refractivity (Wildman–Crippen MR) is 112 cm³/mol. The van der Waals surface area contributed by atoms with E-state index in [0.29, 0.717) is 17.5 Å². The fourth-order valence-electron chi connectivity index (χ4n) is 4.69. The molecule has 164 valence electrons. The van der Waals surface area contributed by atoms with E-state index in [0.717, 1.165) is 56.2 Å². The summed E-state index contributed by atoms with van der Waals surface area (Å²) in [6, 6.07) is 4.04. The molecule has 31 heavy (non-hydrogen) atoms. The van der Waals surface area contributed by atoms with E-state index in [-0.39, 0.29) is 30.4 Å². The number of carbonyl (C=O) groups excluding carboxylic acids is 1. The van der Waals surface area contributed by atoms with E-state index in [4.69, 9.17) is 14.2 Å². The molecule has 3 atom stereocenters. The topological polar surface area (TPSA) is 86.7 Å². The largest absolute Gasteiger partial charge is 0.474 e. The van der Waals surface area contributed by atoms with Crippen LogP contribution in [0.25, 0.3) is 0 Å². The number of rotatable bonds is 5. The Bertz CT molecular complexity index is 950. The zero-order valence-corrected chi connectivity index (χ0v) is 18.0. The second-order valence-corrected chi connectivity index (χ2v) is 8.74. The van der Waals surface area contributed by atoms with Crippen molar-refractivity contribution in [1.29, 1.82) is 0 Å². The molecule has 3 fully saturated rings. The number of hydrogen-bond acceptors (Lipinski definition) is 7. The Balaban J connectivity index is 1.25. The minimum atomic E-state index is -0.142. The first kappa shape index (κ1) is 20.0. The van der Waals surface area contributed by atoms with E-state index in [1.807, 2.05) is 30.9 Å². The van der Waals surface area contributed by atoms with Crippen molar-refractivity contribution in [3.05, 3.63) is 35.9 Å². The lowest BCUT2D eigenvalue weighted by Gasteiger charge is -2.39. The monoisotopic (exact) mass is 424 g/mol. The Kier molecular flexibility index (Phi) is 5.38. The summed E-state index contributed by atoms with van der Waals surface area (Å²) in [5.74, 6) is 1.65. The first-order valence-corrected chi connectivity index (χ1v) is 11.1. The smallest absolute Gasteiger partial charge is 0.410 e. The summed E-state index contributed by atoms with van der Waals surface area (Å²) < 4.78 is 17.9. The summed E-state index contributed by atoms with van der Waals surface area (Å²) in [4.78, 5) is 27.5. The van der Waals surface area contributed by atoms with Gasteiger partial charge in [0.05, 0.1) is 11.3 Å². The molecule has 1 unspecified atom stereocenters. The van der Waals surface area contributed by atoms with Crippen molar-refractivity contribution in [2.45, 2.75) is 83.1 Å². The molecule has 1 amide bonds. The zero-order valence-electron chi connectivity index (χ0n) is 18.0. The van der Waals surface area contributed by atoms with Crippen LogP contribution in [-0.2, 0) is 4.74 Å². The average Bonchev–Trinajstić information content (AvgIpc) is 3.00. The number of hydrogen-bond donors (Lipinski definition) is 0. The Morgan fingerprint density at radius 2 is 1.74 bits per heavy atom. The average molecular weight is 425 g/mol. The first-order chi connectivity index (χ1) is 15.1. The van der Waals surface area contributed by atoms with Gasteiger partial charge in [0, 0.05) is 31.1 Å². The highest BCUT2D eigenvalue weighted by atomic mass is 16.6. The molecule has 5 rings (SSSR count). The van der Waals surface area contributed by atoms with Crippen molar-refractivity contribution in [3.63, 3.8) is 0 Å². The molecule has 2 aromatic heterocycles. The Morgan fingerprint density at radius 3 is 2.42 bits per heavy atom. The van der Waals surface area contributed by atoms with Crippen LogP contribution in [0, 0.1) is 13.8 Å². The van der Waals surface area contributed by atoms with E-state index >= 15 is 0 Å². The number of pyridine rings is 1. The van der Waals surface area contributed by atoms with Crippen LogP contribution in [0.1, 0.15) is 56.2 Å². The van der Waals surface area contributed by atoms with Crippen molar-refractivity contribution in [2.24, 2.45) is 0 Å². The maximum Gasteiger partial charge on any atom is 0.410 e. The SMILES string of the molecule is Cc1ncccc1Oc1ncnc(OC2C[C@H]3CC[C@@H](C2)N3C(=O)OC2CCC2)c1C. The highest BCUT2D eigenvalue weighted by Crippen LogP contribution is 2.39. The highest BCUT2D eigenvalue weighted by Gasteiger charge is 2.45. The molecule has 0 N–H and O–H groups in total. The number of fused-ring (bicyclic) bond motifs is 2. The molecule has 0 radical (unpaired) electrons. The van der Waals surface area contributed by atoms with Gasteiger partial charge in [0.1, 0.15) is 18.5 Å². The third-order valence-electron chi connectivity index (χ3n) is 6.66. The molecular formula is C23H28N4O4. The third-order valence-corrected chi connectivity index (χ3v) is 6.66. The predicted octanol–water partition coefficient (Wildman–Crippen LogP) is 4.34. The van der Waals surface area contributed by atoms with Gasteiger partial charge in [0.25, 0.3) is 0 Å². The fraction of sp³-hybridized carbons (Fsp3) is 0.565. The summed E-state index contributed by atoms with van der Waals surface area (Å²) >= 11 is 0. The molecule has 1 saturated carbocycles. The number of piperidine rings is 1. The van der Waals surface area contributed by atoms with Gasteiger partial charge in [-0.2, -0.15) is 0 Å². The zero-order chi connectivity index (χ0) is 21.4. The number of amides is 1. The highest BCUT2D eigenvalue weighted by molar-refractivity contribution is 5.69. The van der Waals surface area contributed by atoms with Gasteiger partial charge in [-0.1, -0.05) is 0 Å². The molecule has 3 aliphatic rings. The van der Waals surface area contributed by atoms with Crippen LogP contribution in [0.5, 0.6) is 17.5 Å². The van der Waals surface area contributed by atoms with Crippen LogP contribution in [0.4, 0.5) is 4.79 Å². The maximum atomic E-state index is 12.6. The second-order valence-electron chi connectivity index (χ2n) is 8.74. The normalized spacial score (nSPS) is 25.1. The van der Waals surface area contributed by atoms with Crippen molar-refractivity contribution in [1.82, 2.24) is 19.9 Å². The molecule has 2 aromatic rings. The van der Waals surface area contributed by atoms with E-state index in [9.17, 15) is 4.79 Å². The van der Waals surface area contributed by atoms with Gasteiger partial charge in [-0.3, -0.25) is 4.98 Å². The first-order valence-electron chi connectivity index (χ1n) is 11.1. The van der Waals surface area contributed by atoms with Crippen LogP contribution < -0.4 is 9.47 Å². The molecule has 1 aliphatic carbocycles. The summed E-state index contributed by atoms with van der Waals surface area (Å²) in [6.45, 7) is 3.79. The van der Waals surface area contributed by atoms with E-state index < -0.39 is 0 Å². The minimum Gasteiger partial charge on any atom is -0.474 e. The lowest BCUT2D eigenvalue weighted by atomic mass is 9.96. The Morgan fingerprint density at radius 1 is 1.00 bits per heavy atom. The summed E-state index contributed by atoms with van der Waals surface area (Å²) in [5, 5.41) is 0. The van der Waals surface area contributed by atoms with Crippen molar-refractivity contribution in [3.8, 4) is 17.5 Å². The number of aromatic nitrogens is 3. The van der Waals surface area contributed by atoms with Gasteiger partial charge >= 0.3 is 6.09 Å². The molecule has 8 heteroatoms. The molecule has 2 saturated heterocycles. The van der Waals surface area contributed by atoms with Crippen LogP contribution in [0.15, 0.2) is 24.7 Å². The minimum absolute atomic E-state index is 0.00632. The molecule has 0 aromatic carbocycles. The fourth-order valence-corrected chi connectivity index (χ4v) is 4.69. The van der Waals surface area contributed by atoms with Crippen LogP contribution >= 0.6 is 0 Å². The van der Waals surface area contributed by atoms with Crippen molar-refractivity contribution in [2.75, 3.05) is 0 Å².